The number of aliphatic carboxylic acids is 1. The number of carbonyl (C=O) groups is 1. The molecule has 1 aliphatic rings. The number of aryl methyl sites for hydroxylation is 1. The maximum atomic E-state index is 11.6. The molecule has 1 heterocycles. The first-order valence-corrected chi connectivity index (χ1v) is 6.33. The molecule has 0 radical (unpaired) electrons. The largest absolute Gasteiger partial charge is 0.479 e. The summed E-state index contributed by atoms with van der Waals surface area (Å²) in [5.74, 6) is -1.34. The number of fused-ring (bicyclic) bond motifs is 1. The summed E-state index contributed by atoms with van der Waals surface area (Å²) >= 11 is 0. The van der Waals surface area contributed by atoms with Gasteiger partial charge in [-0.25, -0.2) is 13.2 Å². The molecule has 1 aliphatic heterocycles. The van der Waals surface area contributed by atoms with Gasteiger partial charge in [0, 0.05) is 0 Å². The molecule has 16 heavy (non-hydrogen) atoms. The zero-order valence-corrected chi connectivity index (χ0v) is 9.07. The number of aliphatic hydroxyl groups is 1. The lowest BCUT2D eigenvalue weighted by molar-refractivity contribution is -0.146. The highest BCUT2D eigenvalue weighted by Gasteiger charge is 2.28. The fourth-order valence-electron chi connectivity index (χ4n) is 1.73. The molecule has 0 fully saturated rings. The standard InChI is InChI=1S/C10H10O5S/c11-9(10(12)13)7-2-1-6-3-4-16(14,15)8(6)5-7/h1-2,5,9,11H,3-4H2,(H,12,13). The zero-order valence-electron chi connectivity index (χ0n) is 8.25. The molecule has 86 valence electrons. The van der Waals surface area contributed by atoms with Gasteiger partial charge in [-0.2, -0.15) is 0 Å². The molecule has 0 spiro atoms. The second kappa shape index (κ2) is 3.57. The molecule has 2 N–H and O–H groups in total. The Hall–Kier alpha value is -1.40. The number of hydrogen-bond donors (Lipinski definition) is 2. The fraction of sp³-hybridized carbons (Fsp3) is 0.300. The van der Waals surface area contributed by atoms with Crippen molar-refractivity contribution in [2.75, 3.05) is 5.75 Å². The molecule has 1 atom stereocenters. The summed E-state index contributed by atoms with van der Waals surface area (Å²) in [5, 5.41) is 17.9. The highest BCUT2D eigenvalue weighted by Crippen LogP contribution is 2.28. The number of carboxylic acid groups (broad SMARTS) is 1. The third kappa shape index (κ3) is 1.70. The third-order valence-electron chi connectivity index (χ3n) is 2.62. The van der Waals surface area contributed by atoms with Gasteiger partial charge in [-0.05, 0) is 23.6 Å². The predicted octanol–water partition coefficient (Wildman–Crippen LogP) is 0.134. The van der Waals surface area contributed by atoms with Gasteiger partial charge >= 0.3 is 5.97 Å². The second-order valence-electron chi connectivity index (χ2n) is 3.68. The molecule has 0 saturated carbocycles. The molecule has 2 rings (SSSR count). The van der Waals surface area contributed by atoms with Crippen molar-refractivity contribution in [2.45, 2.75) is 17.4 Å². The number of sulfone groups is 1. The van der Waals surface area contributed by atoms with Crippen LogP contribution in [0.25, 0.3) is 0 Å². The average Bonchev–Trinajstić information content (AvgIpc) is 2.53. The van der Waals surface area contributed by atoms with Gasteiger partial charge in [0.2, 0.25) is 0 Å². The smallest absolute Gasteiger partial charge is 0.337 e. The molecule has 0 aromatic heterocycles. The van der Waals surface area contributed by atoms with E-state index in [0.717, 1.165) is 0 Å². The predicted molar refractivity (Wildman–Crippen MR) is 54.8 cm³/mol. The normalized spacial score (nSPS) is 19.1. The van der Waals surface area contributed by atoms with E-state index in [1.54, 1.807) is 6.07 Å². The van der Waals surface area contributed by atoms with Crippen LogP contribution >= 0.6 is 0 Å². The van der Waals surface area contributed by atoms with Crippen LogP contribution in [-0.2, 0) is 21.1 Å². The van der Waals surface area contributed by atoms with Gasteiger partial charge in [0.15, 0.2) is 15.9 Å². The maximum absolute atomic E-state index is 11.6. The Morgan fingerprint density at radius 3 is 2.69 bits per heavy atom. The van der Waals surface area contributed by atoms with Gasteiger partial charge in [-0.3, -0.25) is 0 Å². The van der Waals surface area contributed by atoms with Crippen molar-refractivity contribution in [2.24, 2.45) is 0 Å². The number of carboxylic acids is 1. The number of aliphatic hydroxyl groups excluding tert-OH is 1. The molecule has 0 aliphatic carbocycles. The van der Waals surface area contributed by atoms with E-state index in [1.165, 1.54) is 12.1 Å². The van der Waals surface area contributed by atoms with E-state index in [1.807, 2.05) is 0 Å². The summed E-state index contributed by atoms with van der Waals surface area (Å²) in [6, 6.07) is 4.25. The first kappa shape index (κ1) is 11.1. The van der Waals surface area contributed by atoms with Gasteiger partial charge in [-0.15, -0.1) is 0 Å². The fourth-order valence-corrected chi connectivity index (χ4v) is 3.33. The van der Waals surface area contributed by atoms with Crippen molar-refractivity contribution in [3.63, 3.8) is 0 Å². The van der Waals surface area contributed by atoms with Gasteiger partial charge in [0.1, 0.15) is 0 Å². The molecule has 1 aromatic rings. The lowest BCUT2D eigenvalue weighted by Gasteiger charge is -2.07. The second-order valence-corrected chi connectivity index (χ2v) is 5.75. The zero-order chi connectivity index (χ0) is 11.9. The van der Waals surface area contributed by atoms with Crippen LogP contribution in [0.2, 0.25) is 0 Å². The minimum atomic E-state index is -3.29. The molecule has 0 bridgehead atoms. The van der Waals surface area contributed by atoms with Crippen molar-refractivity contribution in [1.29, 1.82) is 0 Å². The van der Waals surface area contributed by atoms with Gasteiger partial charge in [0.25, 0.3) is 0 Å². The summed E-state index contributed by atoms with van der Waals surface area (Å²) < 4.78 is 23.1. The molecule has 6 heteroatoms. The van der Waals surface area contributed by atoms with Crippen LogP contribution < -0.4 is 0 Å². The molecule has 5 nitrogen and oxygen atoms in total. The summed E-state index contributed by atoms with van der Waals surface area (Å²) in [5.41, 5.74) is 0.776. The van der Waals surface area contributed by atoms with E-state index in [9.17, 15) is 18.3 Å². The lowest BCUT2D eigenvalue weighted by Crippen LogP contribution is -2.11. The summed E-state index contributed by atoms with van der Waals surface area (Å²) in [6.45, 7) is 0. The van der Waals surface area contributed by atoms with Crippen molar-refractivity contribution in [3.05, 3.63) is 29.3 Å². The van der Waals surface area contributed by atoms with E-state index in [2.05, 4.69) is 0 Å². The summed E-state index contributed by atoms with van der Waals surface area (Å²) in [6.07, 6.45) is -1.23. The number of rotatable bonds is 2. The molecule has 1 unspecified atom stereocenters. The van der Waals surface area contributed by atoms with Gasteiger partial charge in [0.05, 0.1) is 10.6 Å². The highest BCUT2D eigenvalue weighted by atomic mass is 32.2. The van der Waals surface area contributed by atoms with E-state index < -0.39 is 21.9 Å². The van der Waals surface area contributed by atoms with Crippen LogP contribution in [0.15, 0.2) is 23.1 Å². The van der Waals surface area contributed by atoms with E-state index in [0.29, 0.717) is 12.0 Å². The Balaban J connectivity index is 2.52. The van der Waals surface area contributed by atoms with Crippen molar-refractivity contribution in [3.8, 4) is 0 Å². The molecule has 1 aromatic carbocycles. The third-order valence-corrected chi connectivity index (χ3v) is 4.41. The van der Waals surface area contributed by atoms with Crippen LogP contribution in [0.3, 0.4) is 0 Å². The van der Waals surface area contributed by atoms with Crippen LogP contribution in [-0.4, -0.2) is 30.4 Å². The Morgan fingerprint density at radius 1 is 1.38 bits per heavy atom. The van der Waals surface area contributed by atoms with E-state index >= 15 is 0 Å². The number of benzene rings is 1. The Bertz CT molecular complexity index is 546. The Labute approximate surface area is 92.3 Å². The van der Waals surface area contributed by atoms with Crippen LogP contribution in [0.1, 0.15) is 17.2 Å². The molecular weight excluding hydrogens is 232 g/mol. The SMILES string of the molecule is O=C(O)C(O)c1ccc2c(c1)S(=O)(=O)CC2. The van der Waals surface area contributed by atoms with Crippen LogP contribution in [0.4, 0.5) is 0 Å². The van der Waals surface area contributed by atoms with Crippen LogP contribution in [0.5, 0.6) is 0 Å². The minimum Gasteiger partial charge on any atom is -0.479 e. The minimum absolute atomic E-state index is 0.0505. The molecule has 0 amide bonds. The first-order chi connectivity index (χ1) is 7.42. The maximum Gasteiger partial charge on any atom is 0.337 e. The Kier molecular flexibility index (Phi) is 2.47. The number of hydrogen-bond acceptors (Lipinski definition) is 4. The van der Waals surface area contributed by atoms with Crippen LogP contribution in [0, 0.1) is 0 Å². The highest BCUT2D eigenvalue weighted by molar-refractivity contribution is 7.91. The monoisotopic (exact) mass is 242 g/mol. The molecular formula is C10H10O5S. The summed E-state index contributed by atoms with van der Waals surface area (Å²) in [4.78, 5) is 10.7. The lowest BCUT2D eigenvalue weighted by atomic mass is 10.1. The van der Waals surface area contributed by atoms with Crippen molar-refractivity contribution < 1.29 is 23.4 Å². The quantitative estimate of drug-likeness (QED) is 0.769. The van der Waals surface area contributed by atoms with Gasteiger partial charge < -0.3 is 10.2 Å². The average molecular weight is 242 g/mol. The van der Waals surface area contributed by atoms with E-state index in [-0.39, 0.29) is 16.2 Å². The van der Waals surface area contributed by atoms with Crippen molar-refractivity contribution >= 4 is 15.8 Å². The Morgan fingerprint density at radius 2 is 2.06 bits per heavy atom. The topological polar surface area (TPSA) is 91.7 Å². The van der Waals surface area contributed by atoms with Gasteiger partial charge in [-0.1, -0.05) is 12.1 Å². The summed E-state index contributed by atoms with van der Waals surface area (Å²) in [7, 11) is -3.29. The molecule has 0 saturated heterocycles. The van der Waals surface area contributed by atoms with Crippen molar-refractivity contribution in [1.82, 2.24) is 0 Å². The van der Waals surface area contributed by atoms with E-state index in [4.69, 9.17) is 5.11 Å². The first-order valence-electron chi connectivity index (χ1n) is 4.68.